The standard InChI is InChI=1S/C14H15N3O4/c1-20-11-6-10(7-12(8-11)21-2)16-13(18)9-17-14(19)4-3-5-15-17/h3-8H,9H2,1-2H3,(H,16,18). The summed E-state index contributed by atoms with van der Waals surface area (Å²) >= 11 is 0. The largest absolute Gasteiger partial charge is 0.497 e. The van der Waals surface area contributed by atoms with Gasteiger partial charge in [-0.15, -0.1) is 0 Å². The van der Waals surface area contributed by atoms with Gasteiger partial charge in [0.05, 0.1) is 14.2 Å². The van der Waals surface area contributed by atoms with Gasteiger partial charge in [-0.1, -0.05) is 0 Å². The van der Waals surface area contributed by atoms with Crippen LogP contribution in [0.3, 0.4) is 0 Å². The summed E-state index contributed by atoms with van der Waals surface area (Å²) < 4.78 is 11.3. The van der Waals surface area contributed by atoms with Crippen LogP contribution in [0.25, 0.3) is 0 Å². The molecule has 0 spiro atoms. The highest BCUT2D eigenvalue weighted by atomic mass is 16.5. The van der Waals surface area contributed by atoms with E-state index in [2.05, 4.69) is 10.4 Å². The first-order valence-electron chi connectivity index (χ1n) is 6.17. The molecular formula is C14H15N3O4. The molecule has 0 aliphatic heterocycles. The number of methoxy groups -OCH3 is 2. The van der Waals surface area contributed by atoms with Crippen LogP contribution in [-0.2, 0) is 11.3 Å². The first-order chi connectivity index (χ1) is 10.1. The molecule has 21 heavy (non-hydrogen) atoms. The van der Waals surface area contributed by atoms with Crippen molar-refractivity contribution in [2.75, 3.05) is 19.5 Å². The maximum Gasteiger partial charge on any atom is 0.267 e. The van der Waals surface area contributed by atoms with Crippen molar-refractivity contribution in [2.24, 2.45) is 0 Å². The summed E-state index contributed by atoms with van der Waals surface area (Å²) in [5, 5.41) is 6.49. The monoisotopic (exact) mass is 289 g/mol. The predicted molar refractivity (Wildman–Crippen MR) is 76.7 cm³/mol. The van der Waals surface area contributed by atoms with E-state index in [1.54, 1.807) is 18.2 Å². The number of amides is 1. The van der Waals surface area contributed by atoms with Crippen molar-refractivity contribution < 1.29 is 14.3 Å². The zero-order valence-electron chi connectivity index (χ0n) is 11.7. The van der Waals surface area contributed by atoms with Gasteiger partial charge in [-0.25, -0.2) is 4.68 Å². The van der Waals surface area contributed by atoms with Crippen molar-refractivity contribution in [3.63, 3.8) is 0 Å². The van der Waals surface area contributed by atoms with Gasteiger partial charge in [0.2, 0.25) is 5.91 Å². The number of aromatic nitrogens is 2. The minimum absolute atomic E-state index is 0.167. The van der Waals surface area contributed by atoms with E-state index >= 15 is 0 Å². The average molecular weight is 289 g/mol. The SMILES string of the molecule is COc1cc(NC(=O)Cn2ncccc2=O)cc(OC)c1. The Balaban J connectivity index is 2.12. The molecule has 1 aromatic heterocycles. The first-order valence-corrected chi connectivity index (χ1v) is 6.17. The van der Waals surface area contributed by atoms with Crippen LogP contribution in [0.1, 0.15) is 0 Å². The average Bonchev–Trinajstić information content (AvgIpc) is 2.49. The number of benzene rings is 1. The van der Waals surface area contributed by atoms with Gasteiger partial charge < -0.3 is 14.8 Å². The maximum absolute atomic E-state index is 11.9. The number of anilines is 1. The highest BCUT2D eigenvalue weighted by molar-refractivity contribution is 5.90. The minimum Gasteiger partial charge on any atom is -0.497 e. The quantitative estimate of drug-likeness (QED) is 0.884. The molecule has 0 bridgehead atoms. The lowest BCUT2D eigenvalue weighted by Gasteiger charge is -2.10. The number of nitrogens with zero attached hydrogens (tertiary/aromatic N) is 2. The molecule has 1 N–H and O–H groups in total. The number of ether oxygens (including phenoxy) is 2. The molecule has 7 heteroatoms. The summed E-state index contributed by atoms with van der Waals surface area (Å²) in [6, 6.07) is 7.86. The van der Waals surface area contributed by atoms with Crippen LogP contribution in [0.5, 0.6) is 11.5 Å². The number of carbonyl (C=O) groups is 1. The van der Waals surface area contributed by atoms with E-state index in [-0.39, 0.29) is 18.0 Å². The van der Waals surface area contributed by atoms with Gasteiger partial charge in [-0.3, -0.25) is 9.59 Å². The van der Waals surface area contributed by atoms with Crippen molar-refractivity contribution in [1.82, 2.24) is 9.78 Å². The van der Waals surface area contributed by atoms with E-state index in [0.717, 1.165) is 4.68 Å². The lowest BCUT2D eigenvalue weighted by Crippen LogP contribution is -2.28. The number of rotatable bonds is 5. The molecule has 0 fully saturated rings. The number of nitrogens with one attached hydrogen (secondary N) is 1. The lowest BCUT2D eigenvalue weighted by atomic mass is 10.2. The highest BCUT2D eigenvalue weighted by Gasteiger charge is 2.08. The molecule has 0 saturated carbocycles. The van der Waals surface area contributed by atoms with Crippen LogP contribution < -0.4 is 20.3 Å². The zero-order valence-corrected chi connectivity index (χ0v) is 11.7. The van der Waals surface area contributed by atoms with E-state index in [1.165, 1.54) is 32.5 Å². The van der Waals surface area contributed by atoms with Crippen LogP contribution in [-0.4, -0.2) is 29.9 Å². The summed E-state index contributed by atoms with van der Waals surface area (Å²) in [4.78, 5) is 23.4. The van der Waals surface area contributed by atoms with Crippen molar-refractivity contribution in [3.05, 3.63) is 46.9 Å². The number of carbonyl (C=O) groups excluding carboxylic acids is 1. The van der Waals surface area contributed by atoms with Crippen LogP contribution in [0.4, 0.5) is 5.69 Å². The van der Waals surface area contributed by atoms with Crippen LogP contribution in [0.2, 0.25) is 0 Å². The van der Waals surface area contributed by atoms with Crippen molar-refractivity contribution >= 4 is 11.6 Å². The smallest absolute Gasteiger partial charge is 0.267 e. The fourth-order valence-corrected chi connectivity index (χ4v) is 1.72. The second kappa shape index (κ2) is 6.56. The highest BCUT2D eigenvalue weighted by Crippen LogP contribution is 2.25. The summed E-state index contributed by atoms with van der Waals surface area (Å²) in [5.41, 5.74) is 0.177. The minimum atomic E-state index is -0.369. The molecule has 1 heterocycles. The van der Waals surface area contributed by atoms with Crippen LogP contribution in [0, 0.1) is 0 Å². The molecular weight excluding hydrogens is 274 g/mol. The van der Waals surface area contributed by atoms with Gasteiger partial charge in [0, 0.05) is 36.1 Å². The van der Waals surface area contributed by atoms with Gasteiger partial charge >= 0.3 is 0 Å². The van der Waals surface area contributed by atoms with Crippen molar-refractivity contribution in [1.29, 1.82) is 0 Å². The predicted octanol–water partition coefficient (Wildman–Crippen LogP) is 0.899. The number of hydrogen-bond donors (Lipinski definition) is 1. The Morgan fingerprint density at radius 2 is 1.90 bits per heavy atom. The third kappa shape index (κ3) is 3.82. The molecule has 0 atom stereocenters. The Bertz CT molecular complexity index is 674. The van der Waals surface area contributed by atoms with Gasteiger partial charge in [0.25, 0.3) is 5.56 Å². The molecule has 2 rings (SSSR count). The third-order valence-corrected chi connectivity index (χ3v) is 2.71. The Labute approximate surface area is 121 Å². The lowest BCUT2D eigenvalue weighted by molar-refractivity contribution is -0.117. The second-order valence-electron chi connectivity index (χ2n) is 4.17. The van der Waals surface area contributed by atoms with Crippen LogP contribution in [0.15, 0.2) is 41.3 Å². The van der Waals surface area contributed by atoms with Gasteiger partial charge in [-0.2, -0.15) is 5.10 Å². The molecule has 0 aliphatic carbocycles. The summed E-state index contributed by atoms with van der Waals surface area (Å²) in [7, 11) is 3.04. The Hall–Kier alpha value is -2.83. The van der Waals surface area contributed by atoms with Crippen LogP contribution >= 0.6 is 0 Å². The third-order valence-electron chi connectivity index (χ3n) is 2.71. The van der Waals surface area contributed by atoms with Gasteiger partial charge in [0.1, 0.15) is 18.0 Å². The summed E-state index contributed by atoms with van der Waals surface area (Å²) in [6.07, 6.45) is 1.45. The molecule has 1 aromatic carbocycles. The molecule has 0 radical (unpaired) electrons. The fraction of sp³-hybridized carbons (Fsp3) is 0.214. The number of hydrogen-bond acceptors (Lipinski definition) is 5. The fourth-order valence-electron chi connectivity index (χ4n) is 1.72. The molecule has 110 valence electrons. The molecule has 0 aliphatic rings. The zero-order chi connectivity index (χ0) is 15.2. The van der Waals surface area contributed by atoms with E-state index in [9.17, 15) is 9.59 Å². The normalized spacial score (nSPS) is 10.0. The van der Waals surface area contributed by atoms with E-state index in [4.69, 9.17) is 9.47 Å². The molecule has 0 unspecified atom stereocenters. The Morgan fingerprint density at radius 1 is 1.24 bits per heavy atom. The summed E-state index contributed by atoms with van der Waals surface area (Å²) in [6.45, 7) is -0.167. The second-order valence-corrected chi connectivity index (χ2v) is 4.17. The molecule has 2 aromatic rings. The van der Waals surface area contributed by atoms with Gasteiger partial charge in [-0.05, 0) is 6.07 Å². The Morgan fingerprint density at radius 3 is 2.48 bits per heavy atom. The first kappa shape index (κ1) is 14.6. The molecule has 7 nitrogen and oxygen atoms in total. The van der Waals surface area contributed by atoms with E-state index in [0.29, 0.717) is 17.2 Å². The van der Waals surface area contributed by atoms with Crippen molar-refractivity contribution in [3.8, 4) is 11.5 Å². The van der Waals surface area contributed by atoms with Gasteiger partial charge in [0.15, 0.2) is 0 Å². The van der Waals surface area contributed by atoms with Crippen molar-refractivity contribution in [2.45, 2.75) is 6.54 Å². The molecule has 0 saturated heterocycles. The molecule has 1 amide bonds. The van der Waals surface area contributed by atoms with E-state index in [1.807, 2.05) is 0 Å². The topological polar surface area (TPSA) is 82.5 Å². The maximum atomic E-state index is 11.9. The Kier molecular flexibility index (Phi) is 4.55. The van der Waals surface area contributed by atoms with E-state index < -0.39 is 0 Å². The summed E-state index contributed by atoms with van der Waals surface area (Å²) in [5.74, 6) is 0.741.